The second-order valence-corrected chi connectivity index (χ2v) is 76.3. The number of hydrogen-bond acceptors (Lipinski definition) is 27. The summed E-state index contributed by atoms with van der Waals surface area (Å²) < 4.78 is 34.8. The average Bonchev–Trinajstić information content (AvgIpc) is 0.972. The van der Waals surface area contributed by atoms with Crippen molar-refractivity contribution >= 4 is 234 Å². The summed E-state index contributed by atoms with van der Waals surface area (Å²) in [6, 6.07) is 20.0. The number of carboxylic acid groups (broad SMARTS) is 2. The number of aliphatic carboxylic acids is 2. The molecule has 0 spiro atoms. The van der Waals surface area contributed by atoms with Crippen molar-refractivity contribution < 1.29 is 157 Å². The number of rotatable bonds is 32. The zero-order chi connectivity index (χ0) is 86.1. The molecule has 669 valence electrons. The molecule has 0 saturated carbocycles. The number of ether oxygens (including phenoxy) is 6. The van der Waals surface area contributed by atoms with Crippen LogP contribution in [-0.4, -0.2) is 162 Å². The summed E-state index contributed by atoms with van der Waals surface area (Å²) in [6.45, 7) is 22.2. The normalized spacial score (nSPS) is 10.4. The van der Waals surface area contributed by atoms with E-state index in [-0.39, 0.29) is 178 Å². The summed E-state index contributed by atoms with van der Waals surface area (Å²) in [5, 5.41) is 39.2. The maximum atomic E-state index is 10.4. The molecule has 30 N–H and O–H groups in total. The topological polar surface area (TPSA) is 608 Å². The standard InChI is InChI=1S/C13H18N2O3.C11H16N2O.C9H14O2.C7H14N2O2.C7H10O2.C6H12N2O3.C4H6O.C3H9N3Si.2C3H5O.CH2I2.2CH3I.CH4.5HI.4H3N.2V.2Y/c14-12(6-7-18-10-13(16)17)9-15-8-11-4-2-1-3-5-11;12-11(6-7-14)9-13-8-10-4-2-1-3-5-10;1-2-3-7-10-9-6-4-5-8-11-9;1-6(10)5-11-3-2-7(9)4-8;1-3-4-5-9-6-7(2)8;7-3-5(8)1-2-11-4-6(9)10;1-2-3-4-5;1-7(2,3)6-5-4;2*1-3(2)4;2-1-3;2*1-2;;;;;;;;;;;;;;/h1-5,9,15H,6-8,10,14H2,(H,16,17);1-5,9,13-14H,6-8,12H2;1,9H,3-8H2;4H,2-3,5,8-9H2,1H3;1H,4-6H2,2H3;3H,1-2,4,7-8H2,(H,9,10);1,5H,3-4H2;1-3H3;2*1H2,2H3;1H2;2*1H3;1H4;5*1H;4*1H3;;;;/q;;;;;;;;2*-1;;;;;;;;;;;;;;+2;+3;;/p-5/b12-9-;11-9-;;7-4-;;5-3-;;;;;;;;;;;;;;;;;;;;;. The molecule has 0 bridgehead atoms. The van der Waals surface area contributed by atoms with Gasteiger partial charge >= 0.3 is 126 Å². The minimum Gasteiger partial charge on any atom is 0 e. The number of benzene rings is 2. The Labute approximate surface area is 862 Å². The van der Waals surface area contributed by atoms with Crippen LogP contribution in [0.25, 0.3) is 10.4 Å². The summed E-state index contributed by atoms with van der Waals surface area (Å²) in [5.74, 6) is 5.12. The summed E-state index contributed by atoms with van der Waals surface area (Å²) in [4.78, 5) is 65.7. The third-order valence-electron chi connectivity index (χ3n) is 9.05. The van der Waals surface area contributed by atoms with Crippen LogP contribution >= 0.6 is 190 Å². The van der Waals surface area contributed by atoms with Crippen LogP contribution in [0, 0.1) is 50.9 Å². The first-order valence-corrected chi connectivity index (χ1v) is 64.9. The first-order valence-electron chi connectivity index (χ1n) is 31.6. The number of nitrogens with zero attached hydrogens (tertiary/aromatic N) is 3. The number of aliphatic hydroxyl groups is 2. The van der Waals surface area contributed by atoms with Gasteiger partial charge in [-0.25, -0.2) is 9.59 Å². The summed E-state index contributed by atoms with van der Waals surface area (Å²) >= 11 is 21.0. The molecule has 115 heavy (non-hydrogen) atoms. The minimum absolute atomic E-state index is 0. The van der Waals surface area contributed by atoms with Crippen molar-refractivity contribution in [1.82, 2.24) is 35.2 Å². The molecule has 1 saturated heterocycles. The Bertz CT molecular complexity index is 2630. The van der Waals surface area contributed by atoms with Gasteiger partial charge in [-0.15, -0.1) is 41.8 Å². The second kappa shape index (κ2) is 143. The number of alkyl halides is 4. The Kier molecular flexibility index (Phi) is 203. The number of carboxylic acids is 2. The number of carbonyl (C=O) groups is 6. The monoisotopic (exact) mass is 2890 g/mol. The Morgan fingerprint density at radius 2 is 0.922 bits per heavy atom. The van der Waals surface area contributed by atoms with Gasteiger partial charge in [-0.3, -0.25) is 9.59 Å². The van der Waals surface area contributed by atoms with E-state index in [0.29, 0.717) is 110 Å². The van der Waals surface area contributed by atoms with Crippen molar-refractivity contribution in [3.8, 4) is 37.0 Å². The molecule has 2 aromatic carbocycles. The predicted octanol–water partition coefficient (Wildman–Crippen LogP) is 15.7. The molecule has 2 radical (unpaired) electrons. The van der Waals surface area contributed by atoms with Crippen LogP contribution in [0.2, 0.25) is 19.6 Å². The summed E-state index contributed by atoms with van der Waals surface area (Å²) in [6.07, 6.45) is 28.0. The van der Waals surface area contributed by atoms with E-state index in [2.05, 4.69) is 242 Å². The molecule has 1 aliphatic rings. The molecule has 0 aliphatic carbocycles. The zero-order valence-corrected chi connectivity index (χ0v) is 96.1. The molecule has 1 aliphatic heterocycles. The number of halogens is 9. The molecule has 1 unspecified atom stereocenters. The zero-order valence-electron chi connectivity index (χ0n) is 67.3. The van der Waals surface area contributed by atoms with Crippen LogP contribution in [0.15, 0.2) is 113 Å². The molecule has 45 heteroatoms. The molecule has 0 aromatic heterocycles. The van der Waals surface area contributed by atoms with Crippen LogP contribution in [0.3, 0.4) is 0 Å². The number of nitrogens with one attached hydrogen (secondary N) is 2. The van der Waals surface area contributed by atoms with Crippen molar-refractivity contribution in [2.45, 2.75) is 138 Å². The van der Waals surface area contributed by atoms with Gasteiger partial charge in [-0.05, 0) is 90.0 Å². The number of carbonyl (C=O) groups excluding carboxylic acids is 4. The fourth-order valence-corrected chi connectivity index (χ4v) is 5.24. The van der Waals surface area contributed by atoms with Crippen LogP contribution in [0.4, 0.5) is 0 Å². The van der Waals surface area contributed by atoms with E-state index in [0.717, 1.165) is 26.0 Å². The molecule has 31 nitrogen and oxygen atoms in total. The maximum Gasteiger partial charge on any atom is 0 e. The van der Waals surface area contributed by atoms with Gasteiger partial charge in [0.05, 0.1) is 42.1 Å². The van der Waals surface area contributed by atoms with Crippen molar-refractivity contribution in [3.63, 3.8) is 0 Å². The largest absolute Gasteiger partial charge is 0 e. The molecular formula is C70H133I9N15O16SiV2Y2-2. The molecule has 2 aromatic rings. The third kappa shape index (κ3) is 218. The van der Waals surface area contributed by atoms with Gasteiger partial charge in [0.1, 0.15) is 34.7 Å². The molecule has 1 fully saturated rings. The molecule has 1 heterocycles. The van der Waals surface area contributed by atoms with Crippen molar-refractivity contribution in [1.29, 1.82) is 0 Å². The van der Waals surface area contributed by atoms with Crippen molar-refractivity contribution in [2.24, 2.45) is 39.2 Å². The molecule has 1 atom stereocenters. The van der Waals surface area contributed by atoms with Gasteiger partial charge in [-0.1, -0.05) is 178 Å². The predicted molar refractivity (Wildman–Crippen MR) is 541 cm³/mol. The van der Waals surface area contributed by atoms with E-state index < -0.39 is 20.2 Å². The van der Waals surface area contributed by atoms with Gasteiger partial charge in [-0.2, -0.15) is 0 Å². The number of terminal acetylenes is 3. The van der Waals surface area contributed by atoms with E-state index in [1.807, 2.05) is 90.2 Å². The third-order valence-corrected chi connectivity index (χ3v) is 9.74. The van der Waals surface area contributed by atoms with E-state index in [1.54, 1.807) is 12.4 Å². The number of azide groups is 1. The van der Waals surface area contributed by atoms with Crippen LogP contribution in [0.5, 0.6) is 0 Å². The molecule has 3 rings (SSSR count). The Morgan fingerprint density at radius 1 is 0.617 bits per heavy atom. The maximum absolute atomic E-state index is 10.4. The molecular weight excluding hydrogens is 2760 g/mol. The fraction of sp³-hybridized carbons (Fsp3) is 0.514. The smallest absolute Gasteiger partial charge is 0 e. The van der Waals surface area contributed by atoms with Crippen LogP contribution in [0.1, 0.15) is 110 Å². The average molecular weight is 2890 g/mol. The number of ketones is 4. The van der Waals surface area contributed by atoms with E-state index >= 15 is 0 Å². The van der Waals surface area contributed by atoms with E-state index in [1.165, 1.54) is 60.1 Å². The fourth-order valence-electron chi connectivity index (χ4n) is 4.97. The number of nitrogens with two attached hydrogens (primary N) is 6. The van der Waals surface area contributed by atoms with Gasteiger partial charge in [0.25, 0.3) is 0 Å². The second-order valence-electron chi connectivity index (χ2n) is 20.2. The quantitative estimate of drug-likeness (QED) is 0.00372. The SMILES string of the molecule is C.C#CCCO.C#CCCOC1CCCCO1.C#CCCOCC(C)=O.CC(=O)COCC/C(N)=C/N.CI.CI.C[Si](C)(C)N=[N+]=[N-].ICI.N.N.N.N.N/C(=C\NCc1ccccc1)CCO.N/C(=C\NCc1ccccc1)CCOCC(=O)O.N/C=C(\N)CCOCC(=O)O.[CH2-]C(C)=O.[CH2-]C(C)=O.[I][V]([I])[I].[I][V][I].[Y].[Y]. The summed E-state index contributed by atoms with van der Waals surface area (Å²) in [5.41, 5.74) is 44.8. The van der Waals surface area contributed by atoms with Gasteiger partial charge in [0.15, 0.2) is 17.9 Å². The van der Waals surface area contributed by atoms with Crippen LogP contribution < -0.4 is 69.6 Å². The van der Waals surface area contributed by atoms with Gasteiger partial charge in [0, 0.05) is 184 Å². The van der Waals surface area contributed by atoms with Crippen LogP contribution in [-0.2, 0) is 150 Å². The van der Waals surface area contributed by atoms with Gasteiger partial charge < -0.3 is 142 Å². The number of hydrogen-bond donors (Lipinski definition) is 16. The van der Waals surface area contributed by atoms with Crippen molar-refractivity contribution in [2.75, 3.05) is 91.6 Å². The number of Topliss-reactive ketones (excluding diaryl/α,β-unsaturated/α-hetero) is 4. The number of aliphatic hydroxyl groups excluding tert-OH is 2. The molecule has 0 amide bonds. The van der Waals surface area contributed by atoms with Gasteiger partial charge in [0.2, 0.25) is 0 Å². The first-order chi connectivity index (χ1) is 51.0. The Morgan fingerprint density at radius 3 is 1.17 bits per heavy atom. The van der Waals surface area contributed by atoms with E-state index in [9.17, 15) is 28.8 Å². The Balaban J connectivity index is -0.0000000522. The minimum atomic E-state index is -1.45. The Hall–Kier alpha value is 0.834. The summed E-state index contributed by atoms with van der Waals surface area (Å²) in [7, 11) is -0.821. The first kappa shape index (κ1) is 163. The van der Waals surface area contributed by atoms with E-state index in [4.69, 9.17) is 108 Å². The van der Waals surface area contributed by atoms with Crippen molar-refractivity contribution in [3.05, 3.63) is 144 Å².